The minimum atomic E-state index is -3.53. The topological polar surface area (TPSA) is 113 Å². The highest BCUT2D eigenvalue weighted by molar-refractivity contribution is 7.91. The lowest BCUT2D eigenvalue weighted by atomic mass is 10.1. The number of hydrogen-bond donors (Lipinski definition) is 3. The van der Waals surface area contributed by atoms with Crippen LogP contribution < -0.4 is 11.2 Å². The van der Waals surface area contributed by atoms with Crippen LogP contribution in [0.2, 0.25) is 0 Å². The molecule has 0 amide bonds. The fourth-order valence-electron chi connectivity index (χ4n) is 2.53. The first kappa shape index (κ1) is 15.5. The third-order valence-corrected chi connectivity index (χ3v) is 5.52. The monoisotopic (exact) mass is 332 g/mol. The minimum absolute atomic E-state index is 0.0761. The van der Waals surface area contributed by atoms with Crippen molar-refractivity contribution in [1.29, 1.82) is 0 Å². The van der Waals surface area contributed by atoms with Gasteiger partial charge < -0.3 is 15.8 Å². The molecule has 0 aliphatic carbocycles. The van der Waals surface area contributed by atoms with E-state index in [-0.39, 0.29) is 29.1 Å². The number of sulfone groups is 1. The Balaban J connectivity index is 2.25. The maximum absolute atomic E-state index is 12.6. The molecule has 1 heterocycles. The Bertz CT molecular complexity index is 1050. The van der Waals surface area contributed by atoms with Gasteiger partial charge in [-0.25, -0.2) is 8.42 Å². The zero-order valence-electron chi connectivity index (χ0n) is 12.2. The number of benzene rings is 2. The molecule has 0 fully saturated rings. The SMILES string of the molecule is Nc1ccc2[nH]c3ccc(S(=O)(=O)CCCO)cc3c(=O)c2c1. The van der Waals surface area contributed by atoms with E-state index in [0.717, 1.165) is 0 Å². The molecule has 0 aliphatic heterocycles. The van der Waals surface area contributed by atoms with Crippen LogP contribution in [-0.2, 0) is 9.84 Å². The number of aromatic nitrogens is 1. The molecule has 2 aromatic carbocycles. The Labute approximate surface area is 132 Å². The molecular formula is C16H16N2O4S. The smallest absolute Gasteiger partial charge is 0.197 e. The highest BCUT2D eigenvalue weighted by Gasteiger charge is 2.16. The van der Waals surface area contributed by atoms with Gasteiger partial charge in [0.05, 0.1) is 10.6 Å². The lowest BCUT2D eigenvalue weighted by Crippen LogP contribution is -2.10. The summed E-state index contributed by atoms with van der Waals surface area (Å²) >= 11 is 0. The number of rotatable bonds is 4. The average molecular weight is 332 g/mol. The molecule has 0 aliphatic rings. The lowest BCUT2D eigenvalue weighted by Gasteiger charge is -2.07. The van der Waals surface area contributed by atoms with Crippen molar-refractivity contribution in [2.75, 3.05) is 18.1 Å². The second-order valence-corrected chi connectivity index (χ2v) is 7.47. The van der Waals surface area contributed by atoms with Gasteiger partial charge in [-0.05, 0) is 42.8 Å². The predicted octanol–water partition coefficient (Wildman–Crippen LogP) is 1.42. The number of nitrogens with two attached hydrogens (primary N) is 1. The van der Waals surface area contributed by atoms with Gasteiger partial charge in [0.1, 0.15) is 0 Å². The summed E-state index contributed by atoms with van der Waals surface area (Å²) in [4.78, 5) is 15.8. The molecular weight excluding hydrogens is 316 g/mol. The van der Waals surface area contributed by atoms with Crippen molar-refractivity contribution in [3.63, 3.8) is 0 Å². The summed E-state index contributed by atoms with van der Waals surface area (Å²) < 4.78 is 24.4. The molecule has 4 N–H and O–H groups in total. The summed E-state index contributed by atoms with van der Waals surface area (Å²) in [6.07, 6.45) is 0.158. The Morgan fingerprint density at radius 1 is 1.04 bits per heavy atom. The highest BCUT2D eigenvalue weighted by atomic mass is 32.2. The summed E-state index contributed by atoms with van der Waals surface area (Å²) in [5.74, 6) is -0.159. The number of nitrogen functional groups attached to an aromatic ring is 1. The normalized spacial score (nSPS) is 12.0. The van der Waals surface area contributed by atoms with Crippen molar-refractivity contribution >= 4 is 37.3 Å². The van der Waals surface area contributed by atoms with Crippen molar-refractivity contribution in [2.24, 2.45) is 0 Å². The summed E-state index contributed by atoms with van der Waals surface area (Å²) in [7, 11) is -3.53. The Kier molecular flexibility index (Phi) is 3.83. The molecule has 0 saturated carbocycles. The lowest BCUT2D eigenvalue weighted by molar-refractivity contribution is 0.295. The molecule has 3 aromatic rings. The van der Waals surface area contributed by atoms with Crippen molar-refractivity contribution in [2.45, 2.75) is 11.3 Å². The van der Waals surface area contributed by atoms with Crippen LogP contribution >= 0.6 is 0 Å². The van der Waals surface area contributed by atoms with Gasteiger partial charge in [-0.1, -0.05) is 0 Å². The molecule has 0 atom stereocenters. The van der Waals surface area contributed by atoms with Crippen LogP contribution in [0.25, 0.3) is 21.8 Å². The standard InChI is InChI=1S/C16H16N2O4S/c17-10-2-4-14-12(8-10)16(20)13-9-11(3-5-15(13)18-14)23(21,22)7-1-6-19/h2-5,8-9,19H,1,6-7,17H2,(H,18,20). The Hall–Kier alpha value is -2.38. The number of aromatic amines is 1. The van der Waals surface area contributed by atoms with Crippen molar-refractivity contribution in [3.05, 3.63) is 46.6 Å². The van der Waals surface area contributed by atoms with E-state index in [1.165, 1.54) is 12.1 Å². The number of nitrogens with one attached hydrogen (secondary N) is 1. The van der Waals surface area contributed by atoms with E-state index in [1.807, 2.05) is 0 Å². The molecule has 0 spiro atoms. The van der Waals surface area contributed by atoms with Gasteiger partial charge >= 0.3 is 0 Å². The number of fused-ring (bicyclic) bond motifs is 2. The van der Waals surface area contributed by atoms with Gasteiger partial charge in [-0.15, -0.1) is 0 Å². The molecule has 23 heavy (non-hydrogen) atoms. The third-order valence-electron chi connectivity index (χ3n) is 3.72. The molecule has 1 aromatic heterocycles. The van der Waals surface area contributed by atoms with Gasteiger partial charge in [0.2, 0.25) is 0 Å². The highest BCUT2D eigenvalue weighted by Crippen LogP contribution is 2.21. The van der Waals surface area contributed by atoms with Gasteiger partial charge in [0, 0.05) is 34.1 Å². The fraction of sp³-hybridized carbons (Fsp3) is 0.188. The largest absolute Gasteiger partial charge is 0.399 e. The zero-order valence-corrected chi connectivity index (χ0v) is 13.1. The predicted molar refractivity (Wildman–Crippen MR) is 90.2 cm³/mol. The molecule has 0 radical (unpaired) electrons. The minimum Gasteiger partial charge on any atom is -0.399 e. The van der Waals surface area contributed by atoms with Crippen LogP contribution in [0.5, 0.6) is 0 Å². The fourth-order valence-corrected chi connectivity index (χ4v) is 3.85. The van der Waals surface area contributed by atoms with Crippen LogP contribution in [0.3, 0.4) is 0 Å². The summed E-state index contributed by atoms with van der Waals surface area (Å²) in [6, 6.07) is 9.41. The first-order valence-electron chi connectivity index (χ1n) is 7.11. The van der Waals surface area contributed by atoms with Crippen molar-refractivity contribution < 1.29 is 13.5 Å². The average Bonchev–Trinajstić information content (AvgIpc) is 2.53. The van der Waals surface area contributed by atoms with Crippen LogP contribution in [0.1, 0.15) is 6.42 Å². The number of H-pyrrole nitrogens is 1. The van der Waals surface area contributed by atoms with Gasteiger partial charge in [-0.2, -0.15) is 0 Å². The quantitative estimate of drug-likeness (QED) is 0.494. The number of pyridine rings is 1. The maximum atomic E-state index is 12.6. The van der Waals surface area contributed by atoms with E-state index in [2.05, 4.69) is 4.98 Å². The number of aliphatic hydroxyl groups excluding tert-OH is 1. The van der Waals surface area contributed by atoms with Gasteiger partial charge in [-0.3, -0.25) is 4.79 Å². The van der Waals surface area contributed by atoms with Gasteiger partial charge in [0.15, 0.2) is 15.3 Å². The second kappa shape index (κ2) is 5.68. The van der Waals surface area contributed by atoms with Crippen molar-refractivity contribution in [3.8, 4) is 0 Å². The molecule has 3 rings (SSSR count). The number of hydrogen-bond acceptors (Lipinski definition) is 5. The first-order valence-corrected chi connectivity index (χ1v) is 8.76. The molecule has 120 valence electrons. The van der Waals surface area contributed by atoms with Crippen LogP contribution in [-0.4, -0.2) is 30.9 Å². The molecule has 0 bridgehead atoms. The van der Waals surface area contributed by atoms with Crippen molar-refractivity contribution in [1.82, 2.24) is 4.98 Å². The molecule has 0 unspecified atom stereocenters. The zero-order chi connectivity index (χ0) is 16.6. The van der Waals surface area contributed by atoms with Crippen LogP contribution in [0.15, 0.2) is 46.1 Å². The second-order valence-electron chi connectivity index (χ2n) is 5.36. The van der Waals surface area contributed by atoms with Gasteiger partial charge in [0.25, 0.3) is 0 Å². The molecule has 7 heteroatoms. The van der Waals surface area contributed by atoms with E-state index < -0.39 is 9.84 Å². The summed E-state index contributed by atoms with van der Waals surface area (Å²) in [6.45, 7) is -0.197. The Morgan fingerprint density at radius 3 is 2.39 bits per heavy atom. The van der Waals surface area contributed by atoms with E-state index in [4.69, 9.17) is 10.8 Å². The Morgan fingerprint density at radius 2 is 1.70 bits per heavy atom. The van der Waals surface area contributed by atoms with E-state index in [1.54, 1.807) is 24.3 Å². The number of anilines is 1. The molecule has 6 nitrogen and oxygen atoms in total. The molecule has 0 saturated heterocycles. The van der Waals surface area contributed by atoms with Crippen LogP contribution in [0, 0.1) is 0 Å². The maximum Gasteiger partial charge on any atom is 0.197 e. The number of aliphatic hydroxyl groups is 1. The van der Waals surface area contributed by atoms with E-state index >= 15 is 0 Å². The first-order chi connectivity index (χ1) is 10.9. The van der Waals surface area contributed by atoms with E-state index in [9.17, 15) is 13.2 Å². The van der Waals surface area contributed by atoms with Crippen LogP contribution in [0.4, 0.5) is 5.69 Å². The van der Waals surface area contributed by atoms with E-state index in [0.29, 0.717) is 27.5 Å². The summed E-state index contributed by atoms with van der Waals surface area (Å²) in [5, 5.41) is 9.52. The third kappa shape index (κ3) is 2.80. The summed E-state index contributed by atoms with van der Waals surface area (Å²) in [5.41, 5.74) is 7.13.